The van der Waals surface area contributed by atoms with E-state index in [2.05, 4.69) is 42.0 Å². The van der Waals surface area contributed by atoms with Crippen LogP contribution >= 0.6 is 0 Å². The van der Waals surface area contributed by atoms with Crippen molar-refractivity contribution in [2.75, 3.05) is 13.1 Å². The number of rotatable bonds is 5. The van der Waals surface area contributed by atoms with Gasteiger partial charge in [-0.05, 0) is 69.5 Å². The molecule has 2 aromatic carbocycles. The maximum Gasteiger partial charge on any atom is 0.373 e. The van der Waals surface area contributed by atoms with Gasteiger partial charge in [-0.25, -0.2) is 8.42 Å². The lowest BCUT2D eigenvalue weighted by Crippen LogP contribution is -2.38. The lowest BCUT2D eigenvalue weighted by Gasteiger charge is -2.32. The van der Waals surface area contributed by atoms with E-state index < -0.39 is 10.0 Å². The molecule has 0 N–H and O–H groups in total. The summed E-state index contributed by atoms with van der Waals surface area (Å²) in [7, 11) is -3.48. The summed E-state index contributed by atoms with van der Waals surface area (Å²) in [6, 6.07) is 15.5. The minimum absolute atomic E-state index is 0.0601. The first-order valence-corrected chi connectivity index (χ1v) is 12.0. The van der Waals surface area contributed by atoms with Gasteiger partial charge >= 0.3 is 6.15 Å². The number of hydrogen-bond donors (Lipinski definition) is 0. The van der Waals surface area contributed by atoms with Crippen molar-refractivity contribution in [3.63, 3.8) is 0 Å². The predicted molar refractivity (Wildman–Crippen MR) is 121 cm³/mol. The van der Waals surface area contributed by atoms with Crippen LogP contribution in [0.1, 0.15) is 38.3 Å². The van der Waals surface area contributed by atoms with Crippen molar-refractivity contribution in [2.45, 2.75) is 50.7 Å². The molecule has 0 amide bonds. The van der Waals surface area contributed by atoms with Gasteiger partial charge in [0.25, 0.3) is 0 Å². The highest BCUT2D eigenvalue weighted by Gasteiger charge is 2.30. The first-order valence-electron chi connectivity index (χ1n) is 10.6. The number of aryl methyl sites for hydroxylation is 1. The van der Waals surface area contributed by atoms with Crippen molar-refractivity contribution >= 4 is 27.1 Å². The smallest absolute Gasteiger partial charge is 0.373 e. The third kappa shape index (κ3) is 5.10. The molecule has 2 heterocycles. The summed E-state index contributed by atoms with van der Waals surface area (Å²) in [6.45, 7) is 7.09. The molecule has 1 fully saturated rings. The van der Waals surface area contributed by atoms with Crippen molar-refractivity contribution in [2.24, 2.45) is 0 Å². The zero-order valence-electron chi connectivity index (χ0n) is 18.5. The highest BCUT2D eigenvalue weighted by atomic mass is 32.2. The van der Waals surface area contributed by atoms with Crippen LogP contribution in [0.3, 0.4) is 0 Å². The van der Waals surface area contributed by atoms with Crippen LogP contribution in [-0.2, 0) is 19.6 Å². The molecule has 0 aliphatic carbocycles. The number of piperidine rings is 1. The van der Waals surface area contributed by atoms with Gasteiger partial charge in [0, 0.05) is 36.2 Å². The maximum atomic E-state index is 13.1. The first-order chi connectivity index (χ1) is 15.3. The lowest BCUT2D eigenvalue weighted by atomic mass is 10.1. The number of hydrogen-bond acceptors (Lipinski definition) is 5. The van der Waals surface area contributed by atoms with Crippen molar-refractivity contribution in [3.05, 3.63) is 60.3 Å². The van der Waals surface area contributed by atoms with E-state index in [-0.39, 0.29) is 12.3 Å². The largest absolute Gasteiger partial charge is 0.491 e. The Kier molecular flexibility index (Phi) is 7.51. The summed E-state index contributed by atoms with van der Waals surface area (Å²) < 4.78 is 35.7. The van der Waals surface area contributed by atoms with Crippen molar-refractivity contribution in [1.82, 2.24) is 8.87 Å². The molecule has 1 aliphatic heterocycles. The topological polar surface area (TPSA) is 85.7 Å². The minimum Gasteiger partial charge on any atom is -0.491 e. The Labute approximate surface area is 188 Å². The van der Waals surface area contributed by atoms with Gasteiger partial charge in [0.15, 0.2) is 0 Å². The second-order valence-electron chi connectivity index (χ2n) is 8.09. The molecule has 0 saturated carbocycles. The molecule has 1 aromatic heterocycles. The molecule has 0 bridgehead atoms. The molecular weight excluding hydrogens is 428 g/mol. The molecule has 0 radical (unpaired) electrons. The number of fused-ring (bicyclic) bond motifs is 1. The van der Waals surface area contributed by atoms with E-state index in [0.29, 0.717) is 29.8 Å². The van der Waals surface area contributed by atoms with Crippen LogP contribution in [0.2, 0.25) is 0 Å². The highest BCUT2D eigenvalue weighted by Crippen LogP contribution is 2.32. The quantitative estimate of drug-likeness (QED) is 0.575. The van der Waals surface area contributed by atoms with Crippen LogP contribution in [0.15, 0.2) is 59.6 Å². The van der Waals surface area contributed by atoms with Crippen LogP contribution in [0.4, 0.5) is 0 Å². The van der Waals surface area contributed by atoms with E-state index in [1.54, 1.807) is 28.6 Å². The number of carbonyl (C=O) groups excluding carboxylic acids is 2. The average molecular weight is 457 g/mol. The summed E-state index contributed by atoms with van der Waals surface area (Å²) in [6.07, 6.45) is 4.13. The van der Waals surface area contributed by atoms with Crippen LogP contribution in [0.5, 0.6) is 5.75 Å². The average Bonchev–Trinajstić information content (AvgIpc) is 3.11. The number of benzene rings is 2. The zero-order valence-corrected chi connectivity index (χ0v) is 19.3. The van der Waals surface area contributed by atoms with Crippen molar-refractivity contribution in [1.29, 1.82) is 0 Å². The Bertz CT molecular complexity index is 1180. The minimum atomic E-state index is -3.48. The molecule has 0 spiro atoms. The molecule has 0 unspecified atom stereocenters. The third-order valence-corrected chi connectivity index (χ3v) is 7.50. The summed E-state index contributed by atoms with van der Waals surface area (Å²) in [5.74, 6) is 0.688. The Morgan fingerprint density at radius 2 is 1.59 bits per heavy atom. The number of nitrogens with zero attached hydrogens (tertiary/aromatic N) is 2. The Morgan fingerprint density at radius 3 is 2.19 bits per heavy atom. The van der Waals surface area contributed by atoms with Gasteiger partial charge in [-0.2, -0.15) is 13.9 Å². The fourth-order valence-corrected chi connectivity index (χ4v) is 5.62. The van der Waals surface area contributed by atoms with E-state index in [9.17, 15) is 8.42 Å². The Morgan fingerprint density at radius 1 is 1.00 bits per heavy atom. The summed E-state index contributed by atoms with van der Waals surface area (Å²) in [5.41, 5.74) is 2.49. The SMILES string of the molecule is Cc1cn(C2CCN(S(=O)(=O)c3ccc(OC(C)C)cc3)CC2)c2ccccc12.O=C=O. The summed E-state index contributed by atoms with van der Waals surface area (Å²) in [4.78, 5) is 16.6. The lowest BCUT2D eigenvalue weighted by molar-refractivity contribution is -0.191. The van der Waals surface area contributed by atoms with Crippen molar-refractivity contribution in [3.8, 4) is 5.75 Å². The third-order valence-electron chi connectivity index (χ3n) is 5.59. The zero-order chi connectivity index (χ0) is 23.3. The molecule has 0 atom stereocenters. The maximum absolute atomic E-state index is 13.1. The van der Waals surface area contributed by atoms with Gasteiger partial charge in [-0.15, -0.1) is 0 Å². The standard InChI is InChI=1S/C23H28N2O3S.CO2/c1-17(2)28-20-8-10-21(11-9-20)29(26,27)24-14-12-19(13-15-24)25-16-18(3)22-6-4-5-7-23(22)25;2-1-3/h4-11,16-17,19H,12-15H2,1-3H3;. The second kappa shape index (κ2) is 10.1. The van der Waals surface area contributed by atoms with E-state index >= 15 is 0 Å². The molecule has 170 valence electrons. The molecule has 3 aromatic rings. The fraction of sp³-hybridized carbons (Fsp3) is 0.375. The fourth-order valence-electron chi connectivity index (χ4n) is 4.15. The Balaban J connectivity index is 0.000000913. The van der Waals surface area contributed by atoms with Gasteiger partial charge < -0.3 is 9.30 Å². The first kappa shape index (κ1) is 23.7. The molecular formula is C24H28N2O5S. The number of ether oxygens (including phenoxy) is 1. The number of para-hydroxylation sites is 1. The van der Waals surface area contributed by atoms with Crippen molar-refractivity contribution < 1.29 is 22.7 Å². The summed E-state index contributed by atoms with van der Waals surface area (Å²) in [5, 5.41) is 1.27. The van der Waals surface area contributed by atoms with E-state index in [0.717, 1.165) is 12.8 Å². The van der Waals surface area contributed by atoms with Crippen LogP contribution in [-0.4, -0.2) is 42.6 Å². The van der Waals surface area contributed by atoms with E-state index in [1.807, 2.05) is 13.8 Å². The molecule has 4 rings (SSSR count). The summed E-state index contributed by atoms with van der Waals surface area (Å²) >= 11 is 0. The number of sulfonamides is 1. The van der Waals surface area contributed by atoms with Crippen LogP contribution in [0, 0.1) is 6.92 Å². The monoisotopic (exact) mass is 456 g/mol. The normalized spacial score (nSPS) is 15.2. The molecule has 8 heteroatoms. The van der Waals surface area contributed by atoms with Crippen LogP contribution < -0.4 is 4.74 Å². The number of aromatic nitrogens is 1. The van der Waals surface area contributed by atoms with Crippen LogP contribution in [0.25, 0.3) is 10.9 Å². The van der Waals surface area contributed by atoms with E-state index in [1.165, 1.54) is 16.5 Å². The van der Waals surface area contributed by atoms with Gasteiger partial charge in [0.2, 0.25) is 10.0 Å². The molecule has 1 saturated heterocycles. The van der Waals surface area contributed by atoms with Gasteiger partial charge in [0.1, 0.15) is 5.75 Å². The van der Waals surface area contributed by atoms with Gasteiger partial charge in [-0.1, -0.05) is 18.2 Å². The molecule has 7 nitrogen and oxygen atoms in total. The second-order valence-corrected chi connectivity index (χ2v) is 10.0. The van der Waals surface area contributed by atoms with Gasteiger partial charge in [-0.3, -0.25) is 0 Å². The molecule has 1 aliphatic rings. The van der Waals surface area contributed by atoms with E-state index in [4.69, 9.17) is 14.3 Å². The Hall–Kier alpha value is -2.93. The molecule has 32 heavy (non-hydrogen) atoms. The van der Waals surface area contributed by atoms with Gasteiger partial charge in [0.05, 0.1) is 11.0 Å². The highest BCUT2D eigenvalue weighted by molar-refractivity contribution is 7.89. The predicted octanol–water partition coefficient (Wildman–Crippen LogP) is 4.18.